The molecule has 3 heteroatoms. The quantitative estimate of drug-likeness (QED) is 0.457. The fourth-order valence-corrected chi connectivity index (χ4v) is 3.93. The minimum absolute atomic E-state index is 0.986. The molecule has 0 bridgehead atoms. The number of hydrogen-bond acceptors (Lipinski definition) is 3. The Bertz CT molecular complexity index is 658. The van der Waals surface area contributed by atoms with Crippen LogP contribution in [0.4, 0.5) is 0 Å². The summed E-state index contributed by atoms with van der Waals surface area (Å²) in [6, 6.07) is 8.19. The van der Waals surface area contributed by atoms with Crippen molar-refractivity contribution >= 4 is 23.5 Å². The lowest BCUT2D eigenvalue weighted by Crippen LogP contribution is -1.99. The van der Waals surface area contributed by atoms with Gasteiger partial charge in [-0.15, -0.1) is 0 Å². The molecule has 1 aromatic carbocycles. The number of allylic oxidation sites excluding steroid dienone is 6. The number of nitrogens with zero attached hydrogens (tertiary/aromatic N) is 1. The zero-order valence-corrected chi connectivity index (χ0v) is 14.3. The summed E-state index contributed by atoms with van der Waals surface area (Å²) in [7, 11) is 0. The molecule has 1 nitrogen and oxygen atoms in total. The van der Waals surface area contributed by atoms with E-state index in [9.17, 15) is 0 Å². The van der Waals surface area contributed by atoms with Crippen molar-refractivity contribution < 1.29 is 0 Å². The summed E-state index contributed by atoms with van der Waals surface area (Å²) >= 11 is 3.00. The Morgan fingerprint density at radius 2 is 1.91 bits per heavy atom. The maximum atomic E-state index is 8.71. The largest absolute Gasteiger partial charge is 0.185 e. The average molecular weight is 326 g/mol. The van der Waals surface area contributed by atoms with Crippen LogP contribution in [-0.2, 0) is 0 Å². The van der Waals surface area contributed by atoms with Crippen molar-refractivity contribution in [2.75, 3.05) is 0 Å². The molecule has 112 valence electrons. The Kier molecular flexibility index (Phi) is 6.64. The predicted molar refractivity (Wildman–Crippen MR) is 97.7 cm³/mol. The van der Waals surface area contributed by atoms with E-state index < -0.39 is 0 Å². The van der Waals surface area contributed by atoms with E-state index in [1.165, 1.54) is 39.1 Å². The monoisotopic (exact) mass is 325 g/mol. The highest BCUT2D eigenvalue weighted by Gasteiger charge is 2.16. The Morgan fingerprint density at radius 1 is 1.18 bits per heavy atom. The van der Waals surface area contributed by atoms with Crippen LogP contribution in [0.3, 0.4) is 0 Å². The van der Waals surface area contributed by atoms with Gasteiger partial charge in [-0.05, 0) is 73.4 Å². The molecule has 0 aliphatic heterocycles. The lowest BCUT2D eigenvalue weighted by molar-refractivity contribution is 0.793. The Morgan fingerprint density at radius 3 is 2.55 bits per heavy atom. The highest BCUT2D eigenvalue weighted by atomic mass is 32.2. The van der Waals surface area contributed by atoms with Crippen LogP contribution in [0.15, 0.2) is 81.0 Å². The lowest BCUT2D eigenvalue weighted by atomic mass is 9.94. The van der Waals surface area contributed by atoms with Gasteiger partial charge in [0.25, 0.3) is 0 Å². The van der Waals surface area contributed by atoms with Gasteiger partial charge in [0.15, 0.2) is 0 Å². The first-order valence-electron chi connectivity index (χ1n) is 7.30. The molecule has 2 rings (SSSR count). The van der Waals surface area contributed by atoms with Crippen LogP contribution < -0.4 is 0 Å². The van der Waals surface area contributed by atoms with E-state index in [1.54, 1.807) is 0 Å². The third kappa shape index (κ3) is 4.43. The Balaban J connectivity index is 2.30. The number of hydrogen-bond donors (Lipinski definition) is 0. The molecule has 1 aromatic rings. The second kappa shape index (κ2) is 8.73. The molecule has 0 radical (unpaired) electrons. The predicted octanol–water partition coefficient (Wildman–Crippen LogP) is 6.48. The summed E-state index contributed by atoms with van der Waals surface area (Å²) in [4.78, 5) is 3.54. The number of thioether (sulfide) groups is 2. The van der Waals surface area contributed by atoms with Crippen molar-refractivity contribution in [3.63, 3.8) is 0 Å². The van der Waals surface area contributed by atoms with Gasteiger partial charge in [-0.2, -0.15) is 5.26 Å². The minimum atomic E-state index is 0.986. The van der Waals surface area contributed by atoms with Gasteiger partial charge in [0.05, 0.1) is 0 Å². The smallest absolute Gasteiger partial charge is 0.138 e. The third-order valence-corrected chi connectivity index (χ3v) is 5.21. The van der Waals surface area contributed by atoms with Gasteiger partial charge in [0.2, 0.25) is 0 Å². The van der Waals surface area contributed by atoms with Gasteiger partial charge >= 0.3 is 0 Å². The molecule has 0 N–H and O–H groups in total. The molecule has 0 spiro atoms. The Hall–Kier alpha value is -1.63. The second-order valence-corrected chi connectivity index (χ2v) is 6.84. The fourth-order valence-electron chi connectivity index (χ4n) is 2.44. The molecule has 0 saturated heterocycles. The first-order valence-corrected chi connectivity index (χ1v) is 8.93. The molecule has 0 atom stereocenters. The normalized spacial score (nSPS) is 17.0. The molecule has 22 heavy (non-hydrogen) atoms. The van der Waals surface area contributed by atoms with Gasteiger partial charge in [0, 0.05) is 14.7 Å². The van der Waals surface area contributed by atoms with Crippen LogP contribution in [0.2, 0.25) is 0 Å². The standard InChI is InChI=1S/C19H19NS2/c1-3-6-15-8-5-9-16(7-4-2)19(15)22-18-12-10-17(11-13-18)21-14-20/h3-4,6-7,10-13H,1,5,8-9H2,2H3/b7-4+,15-6+. The van der Waals surface area contributed by atoms with Crippen molar-refractivity contribution in [3.8, 4) is 5.40 Å². The van der Waals surface area contributed by atoms with Crippen molar-refractivity contribution in [1.29, 1.82) is 5.26 Å². The summed E-state index contributed by atoms with van der Waals surface area (Å²) in [5.74, 6) is 0. The molecule has 0 amide bonds. The maximum absolute atomic E-state index is 8.71. The van der Waals surface area contributed by atoms with Gasteiger partial charge in [0.1, 0.15) is 5.40 Å². The molecule has 0 fully saturated rings. The summed E-state index contributed by atoms with van der Waals surface area (Å²) in [6.45, 7) is 5.90. The van der Waals surface area contributed by atoms with Crippen molar-refractivity contribution in [2.45, 2.75) is 36.0 Å². The highest BCUT2D eigenvalue weighted by molar-refractivity contribution is 8.04. The second-order valence-electron chi connectivity index (χ2n) is 4.90. The van der Waals surface area contributed by atoms with E-state index in [2.05, 4.69) is 49.3 Å². The molecule has 0 unspecified atom stereocenters. The zero-order valence-electron chi connectivity index (χ0n) is 12.7. The SMILES string of the molecule is C=C/C=C1\CCCC(/C=C/C)=C1Sc1ccc(SC#N)cc1. The highest BCUT2D eigenvalue weighted by Crippen LogP contribution is 2.41. The summed E-state index contributed by atoms with van der Waals surface area (Å²) in [5.41, 5.74) is 2.78. The van der Waals surface area contributed by atoms with Crippen LogP contribution in [-0.4, -0.2) is 0 Å². The van der Waals surface area contributed by atoms with Gasteiger partial charge in [-0.25, -0.2) is 0 Å². The van der Waals surface area contributed by atoms with Crippen LogP contribution in [0.5, 0.6) is 0 Å². The molecule has 0 heterocycles. The first-order chi connectivity index (χ1) is 10.8. The van der Waals surface area contributed by atoms with E-state index in [1.807, 2.05) is 30.0 Å². The van der Waals surface area contributed by atoms with E-state index >= 15 is 0 Å². The third-order valence-electron chi connectivity index (χ3n) is 3.37. The van der Waals surface area contributed by atoms with E-state index in [4.69, 9.17) is 5.26 Å². The van der Waals surface area contributed by atoms with Gasteiger partial charge in [-0.3, -0.25) is 0 Å². The minimum Gasteiger partial charge on any atom is -0.185 e. The summed E-state index contributed by atoms with van der Waals surface area (Å²) in [5, 5.41) is 10.8. The molecule has 0 aromatic heterocycles. The molecule has 0 saturated carbocycles. The first kappa shape index (κ1) is 16.7. The van der Waals surface area contributed by atoms with Crippen molar-refractivity contribution in [1.82, 2.24) is 0 Å². The lowest BCUT2D eigenvalue weighted by Gasteiger charge is -2.21. The molecular weight excluding hydrogens is 306 g/mol. The van der Waals surface area contributed by atoms with Crippen molar-refractivity contribution in [2.24, 2.45) is 0 Å². The van der Waals surface area contributed by atoms with Crippen molar-refractivity contribution in [3.05, 3.63) is 71.2 Å². The Labute approximate surface area is 141 Å². The average Bonchev–Trinajstić information content (AvgIpc) is 2.53. The van der Waals surface area contributed by atoms with Gasteiger partial charge in [-0.1, -0.05) is 42.6 Å². The van der Waals surface area contributed by atoms with E-state index in [-0.39, 0.29) is 0 Å². The van der Waals surface area contributed by atoms with Crippen LogP contribution in [0.25, 0.3) is 0 Å². The zero-order chi connectivity index (χ0) is 15.8. The summed E-state index contributed by atoms with van der Waals surface area (Å²) in [6.07, 6.45) is 11.8. The van der Waals surface area contributed by atoms with E-state index in [0.717, 1.165) is 17.7 Å². The molecular formula is C19H19NS2. The van der Waals surface area contributed by atoms with Gasteiger partial charge < -0.3 is 0 Å². The topological polar surface area (TPSA) is 23.8 Å². The van der Waals surface area contributed by atoms with Crippen LogP contribution >= 0.6 is 23.5 Å². The summed E-state index contributed by atoms with van der Waals surface area (Å²) < 4.78 is 0. The number of thiocyanates is 1. The van der Waals surface area contributed by atoms with E-state index in [0.29, 0.717) is 0 Å². The number of benzene rings is 1. The number of rotatable bonds is 5. The van der Waals surface area contributed by atoms with Crippen LogP contribution in [0.1, 0.15) is 26.2 Å². The molecule has 1 aliphatic carbocycles. The number of nitriles is 1. The van der Waals surface area contributed by atoms with Crippen LogP contribution in [0, 0.1) is 10.7 Å². The maximum Gasteiger partial charge on any atom is 0.138 e. The molecule has 1 aliphatic rings. The fraction of sp³-hybridized carbons (Fsp3) is 0.211.